The molecule has 1 N–H and O–H groups in total. The van der Waals surface area contributed by atoms with Crippen LogP contribution in [0.15, 0.2) is 36.4 Å². The monoisotopic (exact) mass is 358 g/mol. The SMILES string of the molecule is COc1ccc(CC(=O)Nc2ccc3c(c2)CCC(=O)N3C)c(Cl)c1. The lowest BCUT2D eigenvalue weighted by molar-refractivity contribution is -0.118. The van der Waals surface area contributed by atoms with E-state index in [1.165, 1.54) is 0 Å². The first-order valence-corrected chi connectivity index (χ1v) is 8.37. The summed E-state index contributed by atoms with van der Waals surface area (Å²) < 4.78 is 5.11. The van der Waals surface area contributed by atoms with E-state index in [9.17, 15) is 9.59 Å². The van der Waals surface area contributed by atoms with E-state index in [2.05, 4.69) is 5.32 Å². The lowest BCUT2D eigenvalue weighted by Gasteiger charge is -2.26. The zero-order valence-corrected chi connectivity index (χ0v) is 14.9. The van der Waals surface area contributed by atoms with Crippen LogP contribution in [0.3, 0.4) is 0 Å². The Morgan fingerprint density at radius 2 is 2.04 bits per heavy atom. The van der Waals surface area contributed by atoms with E-state index in [-0.39, 0.29) is 18.2 Å². The number of hydrogen-bond donors (Lipinski definition) is 1. The van der Waals surface area contributed by atoms with Crippen molar-refractivity contribution < 1.29 is 14.3 Å². The van der Waals surface area contributed by atoms with Crippen LogP contribution in [0.2, 0.25) is 5.02 Å². The number of hydrogen-bond acceptors (Lipinski definition) is 3. The van der Waals surface area contributed by atoms with Crippen molar-refractivity contribution in [3.05, 3.63) is 52.5 Å². The molecule has 5 nitrogen and oxygen atoms in total. The number of nitrogens with zero attached hydrogens (tertiary/aromatic N) is 1. The van der Waals surface area contributed by atoms with E-state index in [1.807, 2.05) is 18.2 Å². The minimum atomic E-state index is -0.146. The van der Waals surface area contributed by atoms with Gasteiger partial charge in [0.05, 0.1) is 13.5 Å². The maximum atomic E-state index is 12.3. The summed E-state index contributed by atoms with van der Waals surface area (Å²) in [5.41, 5.74) is 3.41. The van der Waals surface area contributed by atoms with Gasteiger partial charge in [-0.25, -0.2) is 0 Å². The Labute approximate surface area is 151 Å². The van der Waals surface area contributed by atoms with Crippen molar-refractivity contribution in [1.82, 2.24) is 0 Å². The van der Waals surface area contributed by atoms with Crippen LogP contribution in [0.1, 0.15) is 17.5 Å². The first-order chi connectivity index (χ1) is 12.0. The minimum absolute atomic E-state index is 0.110. The van der Waals surface area contributed by atoms with Crippen molar-refractivity contribution in [3.8, 4) is 5.75 Å². The average molecular weight is 359 g/mol. The number of nitrogens with one attached hydrogen (secondary N) is 1. The Kier molecular flexibility index (Phi) is 4.95. The van der Waals surface area contributed by atoms with Crippen molar-refractivity contribution in [2.24, 2.45) is 0 Å². The van der Waals surface area contributed by atoms with Gasteiger partial charge in [0, 0.05) is 29.9 Å². The van der Waals surface area contributed by atoms with Gasteiger partial charge in [-0.3, -0.25) is 9.59 Å². The zero-order valence-electron chi connectivity index (χ0n) is 14.1. The summed E-state index contributed by atoms with van der Waals surface area (Å²) in [6.07, 6.45) is 1.35. The minimum Gasteiger partial charge on any atom is -0.497 e. The quantitative estimate of drug-likeness (QED) is 0.910. The molecule has 0 aliphatic carbocycles. The second-order valence-electron chi connectivity index (χ2n) is 5.98. The summed E-state index contributed by atoms with van der Waals surface area (Å²) in [7, 11) is 3.34. The molecule has 2 aromatic rings. The van der Waals surface area contributed by atoms with Crippen molar-refractivity contribution in [2.45, 2.75) is 19.3 Å². The predicted molar refractivity (Wildman–Crippen MR) is 98.5 cm³/mol. The molecule has 0 fully saturated rings. The molecule has 0 saturated carbocycles. The van der Waals surface area contributed by atoms with E-state index in [4.69, 9.17) is 16.3 Å². The van der Waals surface area contributed by atoms with Gasteiger partial charge in [-0.05, 0) is 47.9 Å². The molecule has 1 aliphatic heterocycles. The standard InChI is InChI=1S/C19H19ClN2O3/c1-22-17-7-5-14(9-13(17)4-8-19(22)24)21-18(23)10-12-3-6-15(25-2)11-16(12)20/h3,5-7,9,11H,4,8,10H2,1-2H3,(H,21,23). The molecular weight excluding hydrogens is 340 g/mol. The molecule has 130 valence electrons. The maximum Gasteiger partial charge on any atom is 0.228 e. The number of benzene rings is 2. The molecule has 2 aromatic carbocycles. The summed E-state index contributed by atoms with van der Waals surface area (Å²) in [6, 6.07) is 10.8. The molecule has 0 atom stereocenters. The van der Waals surface area contributed by atoms with E-state index >= 15 is 0 Å². The number of methoxy groups -OCH3 is 1. The molecular formula is C19H19ClN2O3. The predicted octanol–water partition coefficient (Wildman–Crippen LogP) is 3.44. The number of carbonyl (C=O) groups excluding carboxylic acids is 2. The Morgan fingerprint density at radius 1 is 1.24 bits per heavy atom. The van der Waals surface area contributed by atoms with Crippen LogP contribution in [0.4, 0.5) is 11.4 Å². The number of fused-ring (bicyclic) bond motifs is 1. The van der Waals surface area contributed by atoms with Gasteiger partial charge in [-0.15, -0.1) is 0 Å². The van der Waals surface area contributed by atoms with Crippen LogP contribution in [0.5, 0.6) is 5.75 Å². The summed E-state index contributed by atoms with van der Waals surface area (Å²) in [5.74, 6) is 0.619. The van der Waals surface area contributed by atoms with Crippen LogP contribution in [0, 0.1) is 0 Å². The number of halogens is 1. The maximum absolute atomic E-state index is 12.3. The lowest BCUT2D eigenvalue weighted by Crippen LogP contribution is -2.31. The number of anilines is 2. The van der Waals surface area contributed by atoms with Gasteiger partial charge in [0.15, 0.2) is 0 Å². The molecule has 6 heteroatoms. The molecule has 3 rings (SSSR count). The normalized spacial score (nSPS) is 13.4. The first kappa shape index (κ1) is 17.3. The third kappa shape index (κ3) is 3.77. The van der Waals surface area contributed by atoms with Crippen molar-refractivity contribution >= 4 is 34.8 Å². The van der Waals surface area contributed by atoms with Gasteiger partial charge in [0.1, 0.15) is 5.75 Å². The fourth-order valence-corrected chi connectivity index (χ4v) is 3.15. The van der Waals surface area contributed by atoms with E-state index in [1.54, 1.807) is 37.3 Å². The van der Waals surface area contributed by atoms with E-state index < -0.39 is 0 Å². The fraction of sp³-hybridized carbons (Fsp3) is 0.263. The van der Waals surface area contributed by atoms with Crippen molar-refractivity contribution in [3.63, 3.8) is 0 Å². The number of amides is 2. The molecule has 0 bridgehead atoms. The van der Waals surface area contributed by atoms with Crippen LogP contribution in [0.25, 0.3) is 0 Å². The van der Waals surface area contributed by atoms with Gasteiger partial charge in [0.25, 0.3) is 0 Å². The Morgan fingerprint density at radius 3 is 2.76 bits per heavy atom. The van der Waals surface area contributed by atoms with Gasteiger partial charge >= 0.3 is 0 Å². The van der Waals surface area contributed by atoms with Gasteiger partial charge < -0.3 is 15.0 Å². The molecule has 0 unspecified atom stereocenters. The summed E-state index contributed by atoms with van der Waals surface area (Å²) in [5, 5.41) is 3.39. The second-order valence-corrected chi connectivity index (χ2v) is 6.39. The summed E-state index contributed by atoms with van der Waals surface area (Å²) >= 11 is 6.18. The highest BCUT2D eigenvalue weighted by atomic mass is 35.5. The average Bonchev–Trinajstić information content (AvgIpc) is 2.60. The third-order valence-electron chi connectivity index (χ3n) is 4.32. The fourth-order valence-electron chi connectivity index (χ4n) is 2.91. The Bertz CT molecular complexity index is 835. The van der Waals surface area contributed by atoms with E-state index in [0.29, 0.717) is 23.6 Å². The highest BCUT2D eigenvalue weighted by molar-refractivity contribution is 6.31. The van der Waals surface area contributed by atoms with E-state index in [0.717, 1.165) is 22.5 Å². The molecule has 1 heterocycles. The van der Waals surface area contributed by atoms with Crippen LogP contribution in [-0.2, 0) is 22.4 Å². The highest BCUT2D eigenvalue weighted by Crippen LogP contribution is 2.29. The molecule has 0 spiro atoms. The summed E-state index contributed by atoms with van der Waals surface area (Å²) in [6.45, 7) is 0. The number of carbonyl (C=O) groups is 2. The van der Waals surface area contributed by atoms with Crippen molar-refractivity contribution in [2.75, 3.05) is 24.4 Å². The van der Waals surface area contributed by atoms with Crippen LogP contribution < -0.4 is 15.0 Å². The summed E-state index contributed by atoms with van der Waals surface area (Å²) in [4.78, 5) is 25.7. The Balaban J connectivity index is 1.70. The Hall–Kier alpha value is -2.53. The molecule has 0 saturated heterocycles. The molecule has 1 aliphatic rings. The smallest absolute Gasteiger partial charge is 0.228 e. The van der Waals surface area contributed by atoms with Crippen molar-refractivity contribution in [1.29, 1.82) is 0 Å². The molecule has 0 radical (unpaired) electrons. The molecule has 0 aromatic heterocycles. The zero-order chi connectivity index (χ0) is 18.0. The first-order valence-electron chi connectivity index (χ1n) is 7.99. The van der Waals surface area contributed by atoms with Gasteiger partial charge in [-0.1, -0.05) is 17.7 Å². The lowest BCUT2D eigenvalue weighted by atomic mass is 10.0. The van der Waals surface area contributed by atoms with Crippen LogP contribution in [-0.4, -0.2) is 26.0 Å². The molecule has 25 heavy (non-hydrogen) atoms. The number of rotatable bonds is 4. The van der Waals surface area contributed by atoms with Gasteiger partial charge in [0.2, 0.25) is 11.8 Å². The van der Waals surface area contributed by atoms with Crippen LogP contribution >= 0.6 is 11.6 Å². The number of ether oxygens (including phenoxy) is 1. The second kappa shape index (κ2) is 7.15. The topological polar surface area (TPSA) is 58.6 Å². The van der Waals surface area contributed by atoms with Gasteiger partial charge in [-0.2, -0.15) is 0 Å². The number of aryl methyl sites for hydroxylation is 1. The molecule has 2 amide bonds. The third-order valence-corrected chi connectivity index (χ3v) is 4.67. The highest BCUT2D eigenvalue weighted by Gasteiger charge is 2.21. The largest absolute Gasteiger partial charge is 0.497 e.